The van der Waals surface area contributed by atoms with Crippen LogP contribution in [0.15, 0.2) is 18.5 Å². The van der Waals surface area contributed by atoms with Gasteiger partial charge in [0.25, 0.3) is 5.91 Å². The van der Waals surface area contributed by atoms with Gasteiger partial charge in [-0.2, -0.15) is 5.10 Å². The Bertz CT molecular complexity index is 539. The minimum absolute atomic E-state index is 0. The molecule has 2 rings (SSSR count). The van der Waals surface area contributed by atoms with Crippen LogP contribution in [-0.2, 0) is 0 Å². The van der Waals surface area contributed by atoms with Crippen LogP contribution in [-0.4, -0.2) is 40.6 Å². The van der Waals surface area contributed by atoms with E-state index in [0.29, 0.717) is 17.8 Å². The lowest BCUT2D eigenvalue weighted by atomic mass is 10.3. The van der Waals surface area contributed by atoms with Crippen molar-refractivity contribution in [2.45, 2.75) is 6.92 Å². The number of nitrogens with one attached hydrogen (secondary N) is 2. The number of hydrogen-bond donors (Lipinski definition) is 2. The molecule has 0 spiro atoms. The number of halogens is 1. The molecule has 0 bridgehead atoms. The van der Waals surface area contributed by atoms with E-state index in [-0.39, 0.29) is 18.3 Å². The van der Waals surface area contributed by atoms with Crippen molar-refractivity contribution in [1.82, 2.24) is 25.2 Å². The maximum atomic E-state index is 11.9. The summed E-state index contributed by atoms with van der Waals surface area (Å²) in [4.78, 5) is 16.2. The van der Waals surface area contributed by atoms with Crippen molar-refractivity contribution >= 4 is 24.0 Å². The SMILES string of the molecule is CNCCNC(=O)c1cnn2ccc(C)nc12.Cl. The number of hydrogen-bond acceptors (Lipinski definition) is 4. The molecular formula is C11H16ClN5O. The molecule has 0 unspecified atom stereocenters. The number of carbonyl (C=O) groups excluding carboxylic acids is 1. The number of fused-ring (bicyclic) bond motifs is 1. The molecule has 2 aromatic rings. The van der Waals surface area contributed by atoms with Crippen LogP contribution in [0.1, 0.15) is 16.1 Å². The highest BCUT2D eigenvalue weighted by atomic mass is 35.5. The molecule has 0 saturated carbocycles. The average molecular weight is 270 g/mol. The molecule has 0 atom stereocenters. The van der Waals surface area contributed by atoms with Crippen molar-refractivity contribution < 1.29 is 4.79 Å². The Labute approximate surface area is 111 Å². The zero-order valence-electron chi connectivity index (χ0n) is 10.3. The highest BCUT2D eigenvalue weighted by Crippen LogP contribution is 2.08. The van der Waals surface area contributed by atoms with Gasteiger partial charge < -0.3 is 10.6 Å². The maximum absolute atomic E-state index is 11.9. The first-order chi connectivity index (χ1) is 8.22. The molecule has 2 N–H and O–H groups in total. The van der Waals surface area contributed by atoms with Crippen molar-refractivity contribution in [2.24, 2.45) is 0 Å². The molecule has 0 aliphatic carbocycles. The average Bonchev–Trinajstić information content (AvgIpc) is 2.72. The summed E-state index contributed by atoms with van der Waals surface area (Å²) >= 11 is 0. The molecule has 2 heterocycles. The van der Waals surface area contributed by atoms with E-state index in [2.05, 4.69) is 20.7 Å². The molecule has 98 valence electrons. The zero-order chi connectivity index (χ0) is 12.3. The Morgan fingerprint density at radius 2 is 2.22 bits per heavy atom. The number of aryl methyl sites for hydroxylation is 1. The van der Waals surface area contributed by atoms with Crippen LogP contribution in [0.4, 0.5) is 0 Å². The van der Waals surface area contributed by atoms with Gasteiger partial charge in [0.15, 0.2) is 5.65 Å². The Kier molecular flexibility index (Phi) is 5.06. The molecule has 0 aromatic carbocycles. The summed E-state index contributed by atoms with van der Waals surface area (Å²) in [7, 11) is 1.84. The van der Waals surface area contributed by atoms with Crippen molar-refractivity contribution in [3.8, 4) is 0 Å². The smallest absolute Gasteiger partial charge is 0.256 e. The Morgan fingerprint density at radius 3 is 2.94 bits per heavy atom. The van der Waals surface area contributed by atoms with Gasteiger partial charge in [-0.25, -0.2) is 9.50 Å². The van der Waals surface area contributed by atoms with Crippen LogP contribution in [0, 0.1) is 6.92 Å². The minimum Gasteiger partial charge on any atom is -0.351 e. The lowest BCUT2D eigenvalue weighted by Crippen LogP contribution is -2.30. The van der Waals surface area contributed by atoms with Crippen LogP contribution in [0.25, 0.3) is 5.65 Å². The first-order valence-corrected chi connectivity index (χ1v) is 5.46. The highest BCUT2D eigenvalue weighted by Gasteiger charge is 2.13. The second-order valence-corrected chi connectivity index (χ2v) is 3.75. The third kappa shape index (κ3) is 2.96. The largest absolute Gasteiger partial charge is 0.351 e. The van der Waals surface area contributed by atoms with E-state index in [4.69, 9.17) is 0 Å². The molecule has 7 heteroatoms. The van der Waals surface area contributed by atoms with E-state index < -0.39 is 0 Å². The normalized spacial score (nSPS) is 10.1. The molecule has 0 aliphatic heterocycles. The quantitative estimate of drug-likeness (QED) is 0.789. The van der Waals surface area contributed by atoms with Crippen molar-refractivity contribution in [3.63, 3.8) is 0 Å². The number of carbonyl (C=O) groups is 1. The Morgan fingerprint density at radius 1 is 1.44 bits per heavy atom. The number of nitrogens with zero attached hydrogens (tertiary/aromatic N) is 3. The molecule has 0 aliphatic rings. The number of rotatable bonds is 4. The monoisotopic (exact) mass is 269 g/mol. The van der Waals surface area contributed by atoms with Crippen LogP contribution in [0.3, 0.4) is 0 Å². The van der Waals surface area contributed by atoms with Gasteiger partial charge >= 0.3 is 0 Å². The van der Waals surface area contributed by atoms with E-state index >= 15 is 0 Å². The highest BCUT2D eigenvalue weighted by molar-refractivity contribution is 5.99. The minimum atomic E-state index is -0.145. The van der Waals surface area contributed by atoms with Gasteiger partial charge in [-0.3, -0.25) is 4.79 Å². The third-order valence-electron chi connectivity index (χ3n) is 2.41. The van der Waals surface area contributed by atoms with Gasteiger partial charge in [0.2, 0.25) is 0 Å². The summed E-state index contributed by atoms with van der Waals surface area (Å²) in [6.07, 6.45) is 3.33. The summed E-state index contributed by atoms with van der Waals surface area (Å²) < 4.78 is 1.60. The first-order valence-electron chi connectivity index (χ1n) is 5.46. The predicted molar refractivity (Wildman–Crippen MR) is 71.2 cm³/mol. The second kappa shape index (κ2) is 6.32. The molecule has 0 radical (unpaired) electrons. The first kappa shape index (κ1) is 14.4. The van der Waals surface area contributed by atoms with E-state index in [9.17, 15) is 4.79 Å². The Balaban J connectivity index is 0.00000162. The van der Waals surface area contributed by atoms with Crippen molar-refractivity contribution in [2.75, 3.05) is 20.1 Å². The summed E-state index contributed by atoms with van der Waals surface area (Å²) in [5.74, 6) is -0.145. The van der Waals surface area contributed by atoms with Gasteiger partial charge in [-0.1, -0.05) is 0 Å². The summed E-state index contributed by atoms with van der Waals surface area (Å²) in [5.41, 5.74) is 1.96. The molecule has 2 aromatic heterocycles. The van der Waals surface area contributed by atoms with Gasteiger partial charge in [0.1, 0.15) is 5.56 Å². The van der Waals surface area contributed by atoms with E-state index in [1.165, 1.54) is 6.20 Å². The fourth-order valence-corrected chi connectivity index (χ4v) is 1.52. The fraction of sp³-hybridized carbons (Fsp3) is 0.364. The molecule has 0 saturated heterocycles. The zero-order valence-corrected chi connectivity index (χ0v) is 11.1. The third-order valence-corrected chi connectivity index (χ3v) is 2.41. The van der Waals surface area contributed by atoms with Crippen molar-refractivity contribution in [3.05, 3.63) is 29.7 Å². The fourth-order valence-electron chi connectivity index (χ4n) is 1.52. The number of likely N-dealkylation sites (N-methyl/N-ethyl adjacent to an activating group) is 1. The van der Waals surface area contributed by atoms with E-state index in [0.717, 1.165) is 12.2 Å². The van der Waals surface area contributed by atoms with E-state index in [1.807, 2.05) is 20.0 Å². The van der Waals surface area contributed by atoms with Gasteiger partial charge in [0.05, 0.1) is 6.20 Å². The lowest BCUT2D eigenvalue weighted by molar-refractivity contribution is 0.0955. The summed E-state index contributed by atoms with van der Waals surface area (Å²) in [5, 5.41) is 9.85. The molecule has 18 heavy (non-hydrogen) atoms. The number of aromatic nitrogens is 3. The Hall–Kier alpha value is -1.66. The summed E-state index contributed by atoms with van der Waals surface area (Å²) in [6, 6.07) is 1.85. The van der Waals surface area contributed by atoms with E-state index in [1.54, 1.807) is 10.7 Å². The standard InChI is InChI=1S/C11H15N5O.ClH/c1-8-3-6-16-10(15-8)9(7-14-16)11(17)13-5-4-12-2;/h3,6-7,12H,4-5H2,1-2H3,(H,13,17);1H. The second-order valence-electron chi connectivity index (χ2n) is 3.75. The van der Waals surface area contributed by atoms with Crippen LogP contribution in [0.2, 0.25) is 0 Å². The van der Waals surface area contributed by atoms with Crippen LogP contribution < -0.4 is 10.6 Å². The molecule has 0 fully saturated rings. The van der Waals surface area contributed by atoms with Crippen LogP contribution in [0.5, 0.6) is 0 Å². The molecule has 6 nitrogen and oxygen atoms in total. The van der Waals surface area contributed by atoms with Gasteiger partial charge in [-0.05, 0) is 20.0 Å². The molecule has 1 amide bonds. The summed E-state index contributed by atoms with van der Waals surface area (Å²) in [6.45, 7) is 3.20. The number of amides is 1. The maximum Gasteiger partial charge on any atom is 0.256 e. The predicted octanol–water partition coefficient (Wildman–Crippen LogP) is 0.409. The molecular weight excluding hydrogens is 254 g/mol. The van der Waals surface area contributed by atoms with Gasteiger partial charge in [0, 0.05) is 25.0 Å². The van der Waals surface area contributed by atoms with Crippen LogP contribution >= 0.6 is 12.4 Å². The van der Waals surface area contributed by atoms with Crippen molar-refractivity contribution in [1.29, 1.82) is 0 Å². The lowest BCUT2D eigenvalue weighted by Gasteiger charge is -2.03. The topological polar surface area (TPSA) is 71.3 Å². The van der Waals surface area contributed by atoms with Gasteiger partial charge in [-0.15, -0.1) is 12.4 Å².